The molecule has 0 bridgehead atoms. The van der Waals surface area contributed by atoms with Crippen molar-refractivity contribution in [1.82, 2.24) is 0 Å². The zero-order valence-corrected chi connectivity index (χ0v) is 8.67. The van der Waals surface area contributed by atoms with E-state index < -0.39 is 5.92 Å². The first-order valence-corrected chi connectivity index (χ1v) is 4.39. The van der Waals surface area contributed by atoms with Crippen molar-refractivity contribution in [2.24, 2.45) is 5.92 Å². The molecule has 3 nitrogen and oxygen atoms in total. The topological polar surface area (TPSA) is 54.4 Å². The number of rotatable bonds is 6. The number of allylic oxidation sites excluding steroid dienone is 2. The molecule has 0 aromatic carbocycles. The van der Waals surface area contributed by atoms with Gasteiger partial charge in [-0.15, -0.1) is 0 Å². The molecule has 0 heterocycles. The summed E-state index contributed by atoms with van der Waals surface area (Å²) in [6, 6.07) is 0. The van der Waals surface area contributed by atoms with Crippen molar-refractivity contribution >= 4 is 11.6 Å². The van der Waals surface area contributed by atoms with Gasteiger partial charge >= 0.3 is 0 Å². The minimum Gasteiger partial charge on any atom is -0.396 e. The highest BCUT2D eigenvalue weighted by Crippen LogP contribution is 2.12. The normalized spacial score (nSPS) is 11.9. The quantitative estimate of drug-likeness (QED) is 0.651. The number of ketones is 2. The molecule has 0 aliphatic rings. The fourth-order valence-electron chi connectivity index (χ4n) is 0.987. The predicted octanol–water partition coefficient (Wildman–Crippen LogP) is 1.28. The molecule has 1 atom stereocenters. The molecule has 0 saturated heterocycles. The third-order valence-corrected chi connectivity index (χ3v) is 1.92. The lowest BCUT2D eigenvalue weighted by atomic mass is 9.93. The van der Waals surface area contributed by atoms with Crippen LogP contribution in [0.3, 0.4) is 0 Å². The molecule has 0 fully saturated rings. The highest BCUT2D eigenvalue weighted by molar-refractivity contribution is 6.01. The number of aliphatic hydroxyl groups excluding tert-OH is 1. The van der Waals surface area contributed by atoms with Crippen LogP contribution in [-0.2, 0) is 9.59 Å². The largest absolute Gasteiger partial charge is 0.396 e. The van der Waals surface area contributed by atoms with Gasteiger partial charge in [0.1, 0.15) is 0 Å². The molecule has 1 N–H and O–H groups in total. The standard InChI is InChI=1S/C11H16O3/c1-7(2)10(13)5-9(6-12)11(14)8(3)4/h9,12H,1,3,5-6H2,2,4H3. The van der Waals surface area contributed by atoms with Crippen LogP contribution in [0.5, 0.6) is 0 Å². The van der Waals surface area contributed by atoms with Crippen molar-refractivity contribution in [3.05, 3.63) is 24.3 Å². The van der Waals surface area contributed by atoms with Crippen molar-refractivity contribution in [2.45, 2.75) is 20.3 Å². The van der Waals surface area contributed by atoms with E-state index in [9.17, 15) is 9.59 Å². The Balaban J connectivity index is 4.45. The highest BCUT2D eigenvalue weighted by atomic mass is 16.3. The molecule has 0 aliphatic carbocycles. The minimum atomic E-state index is -0.670. The molecule has 78 valence electrons. The summed E-state index contributed by atoms with van der Waals surface area (Å²) < 4.78 is 0. The lowest BCUT2D eigenvalue weighted by molar-refractivity contribution is -0.125. The Kier molecular flexibility index (Phi) is 5.02. The van der Waals surface area contributed by atoms with E-state index in [4.69, 9.17) is 5.11 Å². The fourth-order valence-corrected chi connectivity index (χ4v) is 0.987. The molecule has 0 rings (SSSR count). The molecular weight excluding hydrogens is 180 g/mol. The third-order valence-electron chi connectivity index (χ3n) is 1.92. The van der Waals surface area contributed by atoms with E-state index in [0.717, 1.165) is 0 Å². The Morgan fingerprint density at radius 1 is 1.21 bits per heavy atom. The first-order chi connectivity index (χ1) is 6.40. The van der Waals surface area contributed by atoms with Crippen molar-refractivity contribution < 1.29 is 14.7 Å². The first kappa shape index (κ1) is 12.8. The van der Waals surface area contributed by atoms with Crippen LogP contribution in [0.25, 0.3) is 0 Å². The van der Waals surface area contributed by atoms with Crippen LogP contribution in [0.2, 0.25) is 0 Å². The van der Waals surface area contributed by atoms with Crippen molar-refractivity contribution in [1.29, 1.82) is 0 Å². The summed E-state index contributed by atoms with van der Waals surface area (Å²) >= 11 is 0. The van der Waals surface area contributed by atoms with Crippen molar-refractivity contribution in [2.75, 3.05) is 6.61 Å². The zero-order valence-electron chi connectivity index (χ0n) is 8.67. The van der Waals surface area contributed by atoms with Gasteiger partial charge in [-0.1, -0.05) is 13.2 Å². The van der Waals surface area contributed by atoms with Crippen LogP contribution in [-0.4, -0.2) is 23.3 Å². The Morgan fingerprint density at radius 3 is 2.00 bits per heavy atom. The van der Waals surface area contributed by atoms with E-state index in [1.165, 1.54) is 0 Å². The van der Waals surface area contributed by atoms with Gasteiger partial charge < -0.3 is 5.11 Å². The molecule has 0 saturated carbocycles. The lowest BCUT2D eigenvalue weighted by Crippen LogP contribution is -2.22. The van der Waals surface area contributed by atoms with E-state index in [1.807, 2.05) is 0 Å². The number of hydrogen-bond donors (Lipinski definition) is 1. The van der Waals surface area contributed by atoms with Gasteiger partial charge in [0.05, 0.1) is 12.5 Å². The Labute approximate surface area is 84.1 Å². The van der Waals surface area contributed by atoms with Crippen LogP contribution in [0.15, 0.2) is 24.3 Å². The monoisotopic (exact) mass is 196 g/mol. The molecule has 0 aromatic heterocycles. The SMILES string of the molecule is C=C(C)C(=O)CC(CO)C(=O)C(=C)C. The van der Waals surface area contributed by atoms with Gasteiger partial charge in [-0.3, -0.25) is 9.59 Å². The summed E-state index contributed by atoms with van der Waals surface area (Å²) in [7, 11) is 0. The lowest BCUT2D eigenvalue weighted by Gasteiger charge is -2.11. The second-order valence-corrected chi connectivity index (χ2v) is 3.43. The number of hydrogen-bond acceptors (Lipinski definition) is 3. The average molecular weight is 196 g/mol. The maximum Gasteiger partial charge on any atom is 0.163 e. The fraction of sp³-hybridized carbons (Fsp3) is 0.455. The van der Waals surface area contributed by atoms with Crippen molar-refractivity contribution in [3.63, 3.8) is 0 Å². The van der Waals surface area contributed by atoms with Gasteiger partial charge in [-0.25, -0.2) is 0 Å². The van der Waals surface area contributed by atoms with Gasteiger partial charge in [0, 0.05) is 6.42 Å². The molecule has 0 aliphatic heterocycles. The minimum absolute atomic E-state index is 0.0114. The Morgan fingerprint density at radius 2 is 1.71 bits per heavy atom. The average Bonchev–Trinajstić information content (AvgIpc) is 2.12. The number of carbonyl (C=O) groups is 2. The molecule has 0 radical (unpaired) electrons. The summed E-state index contributed by atoms with van der Waals surface area (Å²) in [5, 5.41) is 8.93. The van der Waals surface area contributed by atoms with Crippen LogP contribution in [0.4, 0.5) is 0 Å². The second kappa shape index (κ2) is 5.50. The summed E-state index contributed by atoms with van der Waals surface area (Å²) in [4.78, 5) is 22.6. The van der Waals surface area contributed by atoms with Gasteiger partial charge in [-0.2, -0.15) is 0 Å². The molecule has 1 unspecified atom stereocenters. The molecule has 0 aromatic rings. The Hall–Kier alpha value is -1.22. The van der Waals surface area contributed by atoms with E-state index in [0.29, 0.717) is 11.1 Å². The predicted molar refractivity (Wildman–Crippen MR) is 54.8 cm³/mol. The van der Waals surface area contributed by atoms with E-state index in [2.05, 4.69) is 13.2 Å². The summed E-state index contributed by atoms with van der Waals surface area (Å²) in [6.07, 6.45) is 0.0114. The number of Topliss-reactive ketones (excluding diaryl/α,β-unsaturated/α-hetero) is 2. The zero-order chi connectivity index (χ0) is 11.3. The summed E-state index contributed by atoms with van der Waals surface area (Å²) in [6.45, 7) is 9.79. The molecule has 0 spiro atoms. The number of carbonyl (C=O) groups excluding carboxylic acids is 2. The smallest absolute Gasteiger partial charge is 0.163 e. The van der Waals surface area contributed by atoms with Gasteiger partial charge in [0.25, 0.3) is 0 Å². The van der Waals surface area contributed by atoms with Gasteiger partial charge in [0.15, 0.2) is 11.6 Å². The van der Waals surface area contributed by atoms with E-state index in [-0.39, 0.29) is 24.6 Å². The van der Waals surface area contributed by atoms with Crippen LogP contribution < -0.4 is 0 Å². The van der Waals surface area contributed by atoms with Crippen LogP contribution in [0, 0.1) is 5.92 Å². The van der Waals surface area contributed by atoms with E-state index in [1.54, 1.807) is 13.8 Å². The third kappa shape index (κ3) is 3.66. The second-order valence-electron chi connectivity index (χ2n) is 3.43. The van der Waals surface area contributed by atoms with Gasteiger partial charge in [0.2, 0.25) is 0 Å². The van der Waals surface area contributed by atoms with Gasteiger partial charge in [-0.05, 0) is 25.0 Å². The maximum absolute atomic E-state index is 11.4. The Bertz CT molecular complexity index is 276. The van der Waals surface area contributed by atoms with E-state index >= 15 is 0 Å². The molecular formula is C11H16O3. The number of aliphatic hydroxyl groups is 1. The van der Waals surface area contributed by atoms with Crippen LogP contribution >= 0.6 is 0 Å². The summed E-state index contributed by atoms with van der Waals surface area (Å²) in [5.41, 5.74) is 0.761. The highest BCUT2D eigenvalue weighted by Gasteiger charge is 2.21. The van der Waals surface area contributed by atoms with Crippen molar-refractivity contribution in [3.8, 4) is 0 Å². The summed E-state index contributed by atoms with van der Waals surface area (Å²) in [5.74, 6) is -1.13. The van der Waals surface area contributed by atoms with Crippen LogP contribution in [0.1, 0.15) is 20.3 Å². The molecule has 0 amide bonds. The molecule has 14 heavy (non-hydrogen) atoms. The first-order valence-electron chi connectivity index (χ1n) is 4.39. The maximum atomic E-state index is 11.4. The molecule has 3 heteroatoms.